The molecular weight excluding hydrogens is 422 g/mol. The SMILES string of the molecule is [2H]CC(=O)OC[C@@H](O)[C@H](OC(=O)C[2H])[C@H](OC(=O)C([2H])NC(=O)C(F)(F)N=[N+]=[N-])[C@@H](O)C=O. The predicted molar refractivity (Wildman–Crippen MR) is 87.2 cm³/mol. The van der Waals surface area contributed by atoms with Gasteiger partial charge in [0.25, 0.3) is 5.91 Å². The molecule has 0 heterocycles. The highest BCUT2D eigenvalue weighted by atomic mass is 19.3. The van der Waals surface area contributed by atoms with E-state index in [1.807, 2.05) is 5.11 Å². The second-order valence-electron chi connectivity index (χ2n) is 5.08. The summed E-state index contributed by atoms with van der Waals surface area (Å²) in [6.45, 7) is -5.59. The van der Waals surface area contributed by atoms with Crippen molar-refractivity contribution < 1.29 is 61.3 Å². The maximum atomic E-state index is 13.2. The van der Waals surface area contributed by atoms with E-state index in [9.17, 15) is 43.0 Å². The van der Waals surface area contributed by atoms with Gasteiger partial charge in [-0.15, -0.1) is 0 Å². The second-order valence-corrected chi connectivity index (χ2v) is 5.08. The number of amides is 1. The molecule has 1 amide bonds. The Morgan fingerprint density at radius 2 is 1.90 bits per heavy atom. The molecule has 0 aromatic rings. The zero-order valence-electron chi connectivity index (χ0n) is 17.8. The number of alkyl halides is 2. The van der Waals surface area contributed by atoms with E-state index in [1.54, 1.807) is 4.91 Å². The van der Waals surface area contributed by atoms with Gasteiger partial charge in [-0.25, -0.2) is 0 Å². The highest BCUT2D eigenvalue weighted by molar-refractivity contribution is 5.86. The summed E-state index contributed by atoms with van der Waals surface area (Å²) in [5.41, 5.74) is 7.98. The Kier molecular flexibility index (Phi) is 8.72. The standard InChI is InChI=1S/C14H18F2N4O10/c1-6(22)28-5-9(25)12(29-7(2)23)11(8(24)4-21)30-10(26)3-18-13(27)14(15,16)19-20-17/h4,8-9,11-12,24-25H,3,5H2,1-2H3,(H,18,27)/t8-,9+,11+,12-/m0/s1/i1D,2D,3D/t3?,8-,9+,11+,12-. The number of rotatable bonds is 12. The molecule has 0 aromatic carbocycles. The van der Waals surface area contributed by atoms with Crippen molar-refractivity contribution in [2.45, 2.75) is 44.3 Å². The maximum absolute atomic E-state index is 13.2. The number of ether oxygens (including phenoxy) is 3. The fraction of sp³-hybridized carbons (Fsp3) is 0.643. The summed E-state index contributed by atoms with van der Waals surface area (Å²) in [6, 6.07) is -4.69. The van der Waals surface area contributed by atoms with Crippen LogP contribution in [0.5, 0.6) is 0 Å². The Morgan fingerprint density at radius 1 is 1.27 bits per heavy atom. The van der Waals surface area contributed by atoms with E-state index in [1.165, 1.54) is 0 Å². The minimum Gasteiger partial charge on any atom is -0.463 e. The minimum atomic E-state index is -4.69. The van der Waals surface area contributed by atoms with E-state index in [-0.39, 0.29) is 6.29 Å². The van der Waals surface area contributed by atoms with E-state index in [0.717, 1.165) is 5.32 Å². The molecule has 0 spiro atoms. The first kappa shape index (κ1) is 21.4. The van der Waals surface area contributed by atoms with Gasteiger partial charge in [0, 0.05) is 21.5 Å². The van der Waals surface area contributed by atoms with Gasteiger partial charge in [0.2, 0.25) is 0 Å². The van der Waals surface area contributed by atoms with Crippen molar-refractivity contribution in [3.8, 4) is 0 Å². The van der Waals surface area contributed by atoms with Crippen molar-refractivity contribution in [1.82, 2.24) is 5.32 Å². The number of aldehydes is 1. The predicted octanol–water partition coefficient (Wildman–Crippen LogP) is -1.67. The largest absolute Gasteiger partial charge is 0.463 e. The molecule has 30 heavy (non-hydrogen) atoms. The smallest absolute Gasteiger partial charge is 0.401 e. The zero-order chi connectivity index (χ0) is 25.8. The third kappa shape index (κ3) is 9.22. The molecular formula is C14H18F2N4O10. The average molecular weight is 443 g/mol. The van der Waals surface area contributed by atoms with Crippen LogP contribution in [0.1, 0.15) is 17.9 Å². The fourth-order valence-corrected chi connectivity index (χ4v) is 1.68. The van der Waals surface area contributed by atoms with Crippen molar-refractivity contribution in [2.24, 2.45) is 5.11 Å². The van der Waals surface area contributed by atoms with Gasteiger partial charge in [0.05, 0.1) is 1.37 Å². The van der Waals surface area contributed by atoms with Crippen LogP contribution in [-0.4, -0.2) is 83.9 Å². The normalized spacial score (nSPS) is 17.1. The quantitative estimate of drug-likeness (QED) is 0.0593. The van der Waals surface area contributed by atoms with E-state index >= 15 is 0 Å². The summed E-state index contributed by atoms with van der Waals surface area (Å²) in [6.07, 6.45) is -9.28. The van der Waals surface area contributed by atoms with E-state index in [4.69, 9.17) is 9.64 Å². The Morgan fingerprint density at radius 3 is 2.43 bits per heavy atom. The van der Waals surface area contributed by atoms with Crippen LogP contribution < -0.4 is 5.32 Å². The summed E-state index contributed by atoms with van der Waals surface area (Å²) in [5.74, 6) is -6.83. The number of nitrogens with zero attached hydrogens (tertiary/aromatic N) is 3. The number of aliphatic hydroxyl groups excluding tert-OH is 2. The molecule has 5 atom stereocenters. The summed E-state index contributed by atoms with van der Waals surface area (Å²) >= 11 is 0. The lowest BCUT2D eigenvalue weighted by atomic mass is 10.0. The maximum Gasteiger partial charge on any atom is 0.401 e. The molecule has 0 aromatic heterocycles. The number of hydrogen-bond acceptors (Lipinski definition) is 11. The fourth-order valence-electron chi connectivity index (χ4n) is 1.68. The zero-order valence-corrected chi connectivity index (χ0v) is 14.8. The molecule has 0 saturated carbocycles. The van der Waals surface area contributed by atoms with Gasteiger partial charge in [0.15, 0.2) is 18.5 Å². The van der Waals surface area contributed by atoms with Crippen LogP contribution in [0.2, 0.25) is 0 Å². The first-order chi connectivity index (χ1) is 15.3. The molecule has 168 valence electrons. The third-order valence-electron chi connectivity index (χ3n) is 2.88. The molecule has 0 rings (SSSR count). The highest BCUT2D eigenvalue weighted by Gasteiger charge is 2.41. The molecule has 0 aliphatic rings. The minimum absolute atomic E-state index is 0.269. The highest BCUT2D eigenvalue weighted by Crippen LogP contribution is 2.16. The Hall–Kier alpha value is -3.36. The van der Waals surface area contributed by atoms with Gasteiger partial charge in [-0.05, 0) is 10.6 Å². The van der Waals surface area contributed by atoms with Crippen LogP contribution >= 0.6 is 0 Å². The van der Waals surface area contributed by atoms with Crippen molar-refractivity contribution in [3.05, 3.63) is 10.4 Å². The van der Waals surface area contributed by atoms with Crippen molar-refractivity contribution in [2.75, 3.05) is 13.1 Å². The van der Waals surface area contributed by atoms with Crippen molar-refractivity contribution in [3.63, 3.8) is 0 Å². The lowest BCUT2D eigenvalue weighted by Gasteiger charge is -2.30. The van der Waals surface area contributed by atoms with Crippen LogP contribution in [0.15, 0.2) is 5.11 Å². The van der Waals surface area contributed by atoms with Crippen molar-refractivity contribution in [1.29, 1.82) is 0 Å². The molecule has 16 heteroatoms. The summed E-state index contributed by atoms with van der Waals surface area (Å²) in [4.78, 5) is 58.6. The lowest BCUT2D eigenvalue weighted by Crippen LogP contribution is -2.52. The Balaban J connectivity index is 5.69. The second kappa shape index (κ2) is 12.3. The molecule has 0 aliphatic carbocycles. The number of aliphatic hydroxyl groups is 2. The number of carbonyl (C=O) groups is 5. The number of azide groups is 1. The van der Waals surface area contributed by atoms with Crippen LogP contribution in [0.25, 0.3) is 10.4 Å². The first-order valence-electron chi connectivity index (χ1n) is 9.46. The van der Waals surface area contributed by atoms with E-state index < -0.39 is 81.2 Å². The topological polar surface area (TPSA) is 214 Å². The lowest BCUT2D eigenvalue weighted by molar-refractivity contribution is -0.190. The molecule has 0 fully saturated rings. The number of hydrogen-bond donors (Lipinski definition) is 3. The molecule has 14 nitrogen and oxygen atoms in total. The van der Waals surface area contributed by atoms with Crippen LogP contribution in [0.4, 0.5) is 8.78 Å². The molecule has 0 bridgehead atoms. The third-order valence-corrected chi connectivity index (χ3v) is 2.88. The molecule has 0 saturated heterocycles. The van der Waals surface area contributed by atoms with Gasteiger partial charge >= 0.3 is 24.0 Å². The first-order valence-corrected chi connectivity index (χ1v) is 7.47. The van der Waals surface area contributed by atoms with Crippen LogP contribution in [0.3, 0.4) is 0 Å². The monoisotopic (exact) mass is 443 g/mol. The van der Waals surface area contributed by atoms with Gasteiger partial charge in [0.1, 0.15) is 25.3 Å². The van der Waals surface area contributed by atoms with E-state index in [2.05, 4.69) is 14.2 Å². The Labute approximate surface area is 170 Å². The molecule has 1 unspecified atom stereocenters. The van der Waals surface area contributed by atoms with Crippen LogP contribution in [-0.2, 0) is 38.2 Å². The van der Waals surface area contributed by atoms with Gasteiger partial charge in [-0.3, -0.25) is 19.2 Å². The molecule has 3 N–H and O–H groups in total. The number of esters is 3. The van der Waals surface area contributed by atoms with Crippen molar-refractivity contribution >= 4 is 30.1 Å². The summed E-state index contributed by atoms with van der Waals surface area (Å²) < 4.78 is 61.0. The number of carbonyl (C=O) groups excluding carboxylic acids is 5. The van der Waals surface area contributed by atoms with Gasteiger partial charge < -0.3 is 34.5 Å². The van der Waals surface area contributed by atoms with Gasteiger partial charge in [-0.2, -0.15) is 8.78 Å². The number of halogens is 2. The van der Waals surface area contributed by atoms with E-state index in [0.29, 0.717) is 0 Å². The number of nitrogens with one attached hydrogen (secondary N) is 1. The Bertz CT molecular complexity index is 786. The molecule has 0 radical (unpaired) electrons. The van der Waals surface area contributed by atoms with Crippen LogP contribution in [0, 0.1) is 0 Å². The van der Waals surface area contributed by atoms with Gasteiger partial charge in [-0.1, -0.05) is 0 Å². The average Bonchev–Trinajstić information content (AvgIpc) is 2.78. The summed E-state index contributed by atoms with van der Waals surface area (Å²) in [7, 11) is 0. The summed E-state index contributed by atoms with van der Waals surface area (Å²) in [5, 5.41) is 22.9. The molecule has 0 aliphatic heterocycles.